The minimum absolute atomic E-state index is 0.108. The lowest BCUT2D eigenvalue weighted by Gasteiger charge is -2.21. The number of phenols is 1. The topological polar surface area (TPSA) is 93.6 Å². The van der Waals surface area contributed by atoms with E-state index in [1.807, 2.05) is 23.6 Å². The van der Waals surface area contributed by atoms with Crippen molar-refractivity contribution in [2.75, 3.05) is 18.0 Å². The van der Waals surface area contributed by atoms with E-state index in [4.69, 9.17) is 0 Å². The van der Waals surface area contributed by atoms with Crippen LogP contribution in [0.25, 0.3) is 10.6 Å². The molecule has 0 aliphatic heterocycles. The summed E-state index contributed by atoms with van der Waals surface area (Å²) in [5.74, 6) is -0.318. The molecule has 3 aromatic rings. The van der Waals surface area contributed by atoms with Crippen LogP contribution in [0.5, 0.6) is 5.75 Å². The second kappa shape index (κ2) is 8.50. The van der Waals surface area contributed by atoms with E-state index in [0.717, 1.165) is 29.3 Å². The maximum absolute atomic E-state index is 12.2. The number of carbonyl (C=O) groups is 1. The SMILES string of the molecule is CCN(CC)c1ccc(C=NNC(=O)c2cc(-c3cccs3)[nH]n2)c(O)c1. The molecule has 0 unspecified atom stereocenters. The molecule has 3 rings (SSSR count). The van der Waals surface area contributed by atoms with E-state index in [-0.39, 0.29) is 11.4 Å². The predicted octanol–water partition coefficient (Wildman–Crippen LogP) is 3.45. The number of benzene rings is 1. The van der Waals surface area contributed by atoms with Gasteiger partial charge in [0.15, 0.2) is 5.69 Å². The van der Waals surface area contributed by atoms with Crippen molar-refractivity contribution in [1.82, 2.24) is 15.6 Å². The summed E-state index contributed by atoms with van der Waals surface area (Å²) in [6.45, 7) is 5.84. The molecule has 0 atom stereocenters. The summed E-state index contributed by atoms with van der Waals surface area (Å²) in [7, 11) is 0. The van der Waals surface area contributed by atoms with Gasteiger partial charge in [0.2, 0.25) is 0 Å². The molecule has 3 N–H and O–H groups in total. The Labute approximate surface area is 161 Å². The molecular formula is C19H21N5O2S. The van der Waals surface area contributed by atoms with Gasteiger partial charge in [-0.2, -0.15) is 10.2 Å². The smallest absolute Gasteiger partial charge is 0.291 e. The van der Waals surface area contributed by atoms with Crippen molar-refractivity contribution in [2.45, 2.75) is 13.8 Å². The Balaban J connectivity index is 1.64. The fraction of sp³-hybridized carbons (Fsp3) is 0.211. The van der Waals surface area contributed by atoms with Crippen LogP contribution in [-0.4, -0.2) is 40.5 Å². The molecule has 1 amide bonds. The number of nitrogens with zero attached hydrogens (tertiary/aromatic N) is 3. The number of phenolic OH excluding ortho intramolecular Hbond substituents is 1. The lowest BCUT2D eigenvalue weighted by atomic mass is 10.2. The molecule has 8 heteroatoms. The van der Waals surface area contributed by atoms with E-state index < -0.39 is 5.91 Å². The van der Waals surface area contributed by atoms with Crippen LogP contribution in [0.4, 0.5) is 5.69 Å². The molecule has 0 saturated carbocycles. The highest BCUT2D eigenvalue weighted by atomic mass is 32.1. The van der Waals surface area contributed by atoms with Gasteiger partial charge in [-0.3, -0.25) is 9.89 Å². The number of rotatable bonds is 7. The first-order valence-electron chi connectivity index (χ1n) is 8.63. The molecule has 7 nitrogen and oxygen atoms in total. The lowest BCUT2D eigenvalue weighted by molar-refractivity contribution is 0.0950. The standard InChI is InChI=1S/C19H21N5O2S/c1-3-24(4-2)14-8-7-13(17(25)10-14)12-20-23-19(26)16-11-15(21-22-16)18-6-5-9-27-18/h5-12,25H,3-4H2,1-2H3,(H,21,22)(H,23,26). The molecule has 0 bridgehead atoms. The highest BCUT2D eigenvalue weighted by Crippen LogP contribution is 2.24. The van der Waals surface area contributed by atoms with Crippen LogP contribution in [0.3, 0.4) is 0 Å². The summed E-state index contributed by atoms with van der Waals surface area (Å²) in [4.78, 5) is 15.3. The Morgan fingerprint density at radius 1 is 1.33 bits per heavy atom. The molecule has 27 heavy (non-hydrogen) atoms. The zero-order valence-corrected chi connectivity index (χ0v) is 16.0. The van der Waals surface area contributed by atoms with E-state index in [1.54, 1.807) is 29.5 Å². The van der Waals surface area contributed by atoms with Crippen LogP contribution in [0.15, 0.2) is 46.9 Å². The summed E-state index contributed by atoms with van der Waals surface area (Å²) in [6.07, 6.45) is 1.41. The molecule has 2 aromatic heterocycles. The van der Waals surface area contributed by atoms with Crippen LogP contribution in [0, 0.1) is 0 Å². The van der Waals surface area contributed by atoms with Crippen LogP contribution in [0.1, 0.15) is 29.9 Å². The Morgan fingerprint density at radius 3 is 2.81 bits per heavy atom. The molecule has 140 valence electrons. The van der Waals surface area contributed by atoms with Crippen molar-refractivity contribution < 1.29 is 9.90 Å². The zero-order chi connectivity index (χ0) is 19.2. The number of aromatic amines is 1. The van der Waals surface area contributed by atoms with Crippen LogP contribution in [0.2, 0.25) is 0 Å². The first kappa shape index (κ1) is 18.7. The average Bonchev–Trinajstić information content (AvgIpc) is 3.36. The molecule has 0 aliphatic rings. The lowest BCUT2D eigenvalue weighted by Crippen LogP contribution is -2.21. The molecule has 1 aromatic carbocycles. The van der Waals surface area contributed by atoms with Gasteiger partial charge in [0.1, 0.15) is 5.75 Å². The first-order valence-corrected chi connectivity index (χ1v) is 9.51. The number of aromatic hydroxyl groups is 1. The maximum Gasteiger partial charge on any atom is 0.291 e. The van der Waals surface area contributed by atoms with E-state index in [2.05, 4.69) is 39.5 Å². The number of carbonyl (C=O) groups excluding carboxylic acids is 1. The van der Waals surface area contributed by atoms with Crippen molar-refractivity contribution in [3.05, 3.63) is 53.0 Å². The Hall–Kier alpha value is -3.13. The number of H-pyrrole nitrogens is 1. The second-order valence-corrected chi connectivity index (χ2v) is 6.71. The summed E-state index contributed by atoms with van der Waals surface area (Å²) in [5, 5.41) is 22.9. The van der Waals surface area contributed by atoms with Crippen LogP contribution in [-0.2, 0) is 0 Å². The quantitative estimate of drug-likeness (QED) is 0.430. The number of aromatic nitrogens is 2. The van der Waals surface area contributed by atoms with E-state index in [1.165, 1.54) is 6.21 Å². The molecule has 0 fully saturated rings. The second-order valence-electron chi connectivity index (χ2n) is 5.76. The monoisotopic (exact) mass is 383 g/mol. The van der Waals surface area contributed by atoms with Crippen molar-refractivity contribution >= 4 is 29.1 Å². The van der Waals surface area contributed by atoms with Gasteiger partial charge in [0, 0.05) is 30.4 Å². The van der Waals surface area contributed by atoms with Crippen molar-refractivity contribution in [2.24, 2.45) is 5.10 Å². The number of amides is 1. The van der Waals surface area contributed by atoms with Crippen molar-refractivity contribution in [3.8, 4) is 16.3 Å². The third-order valence-corrected chi connectivity index (χ3v) is 5.01. The van der Waals surface area contributed by atoms with Gasteiger partial charge in [0.05, 0.1) is 16.8 Å². The fourth-order valence-electron chi connectivity index (χ4n) is 2.64. The summed E-state index contributed by atoms with van der Waals surface area (Å²) < 4.78 is 0. The maximum atomic E-state index is 12.2. The van der Waals surface area contributed by atoms with E-state index in [9.17, 15) is 9.90 Å². The summed E-state index contributed by atoms with van der Waals surface area (Å²) in [6, 6.07) is 10.9. The van der Waals surface area contributed by atoms with Gasteiger partial charge in [-0.1, -0.05) is 6.07 Å². The summed E-state index contributed by atoms with van der Waals surface area (Å²) >= 11 is 1.56. The number of anilines is 1. The van der Waals surface area contributed by atoms with Gasteiger partial charge < -0.3 is 10.0 Å². The fourth-order valence-corrected chi connectivity index (χ4v) is 3.33. The first-order chi connectivity index (χ1) is 13.1. The molecule has 0 saturated heterocycles. The summed E-state index contributed by atoms with van der Waals surface area (Å²) in [5.41, 5.74) is 4.91. The van der Waals surface area contributed by atoms with Crippen LogP contribution < -0.4 is 10.3 Å². The Morgan fingerprint density at radius 2 is 2.15 bits per heavy atom. The predicted molar refractivity (Wildman–Crippen MR) is 109 cm³/mol. The highest BCUT2D eigenvalue weighted by molar-refractivity contribution is 7.13. The van der Waals surface area contributed by atoms with E-state index in [0.29, 0.717) is 5.56 Å². The van der Waals surface area contributed by atoms with Crippen LogP contribution >= 0.6 is 11.3 Å². The van der Waals surface area contributed by atoms with Gasteiger partial charge in [-0.05, 0) is 43.5 Å². The normalized spacial score (nSPS) is 11.0. The van der Waals surface area contributed by atoms with Gasteiger partial charge in [-0.15, -0.1) is 11.3 Å². The molecule has 0 radical (unpaired) electrons. The minimum atomic E-state index is -0.426. The Bertz CT molecular complexity index is 929. The molecule has 2 heterocycles. The number of hydrazone groups is 1. The number of thiophene rings is 1. The highest BCUT2D eigenvalue weighted by Gasteiger charge is 2.11. The zero-order valence-electron chi connectivity index (χ0n) is 15.1. The Kier molecular flexibility index (Phi) is 5.87. The third-order valence-electron chi connectivity index (χ3n) is 4.11. The third kappa shape index (κ3) is 4.35. The molecular weight excluding hydrogens is 362 g/mol. The minimum Gasteiger partial charge on any atom is -0.507 e. The van der Waals surface area contributed by atoms with E-state index >= 15 is 0 Å². The molecule has 0 spiro atoms. The number of hydrogen-bond acceptors (Lipinski definition) is 6. The largest absolute Gasteiger partial charge is 0.507 e. The van der Waals surface area contributed by atoms with Crippen molar-refractivity contribution in [3.63, 3.8) is 0 Å². The van der Waals surface area contributed by atoms with Gasteiger partial charge in [-0.25, -0.2) is 5.43 Å². The average molecular weight is 383 g/mol. The molecule has 0 aliphatic carbocycles. The van der Waals surface area contributed by atoms with Gasteiger partial charge >= 0.3 is 0 Å². The van der Waals surface area contributed by atoms with Crippen molar-refractivity contribution in [1.29, 1.82) is 0 Å². The number of hydrogen-bond donors (Lipinski definition) is 3. The number of nitrogens with one attached hydrogen (secondary N) is 2. The van der Waals surface area contributed by atoms with Gasteiger partial charge in [0.25, 0.3) is 5.91 Å².